The summed E-state index contributed by atoms with van der Waals surface area (Å²) in [4.78, 5) is 20.6. The van der Waals surface area contributed by atoms with E-state index in [0.29, 0.717) is 30.5 Å². The molecule has 3 heterocycles. The van der Waals surface area contributed by atoms with Crippen molar-refractivity contribution in [2.45, 2.75) is 6.04 Å². The van der Waals surface area contributed by atoms with E-state index >= 15 is 0 Å². The molecule has 0 radical (unpaired) electrons. The molecule has 1 aliphatic rings. The number of amides is 1. The lowest BCUT2D eigenvalue weighted by atomic mass is 10.0. The lowest BCUT2D eigenvalue weighted by Gasteiger charge is -2.35. The Morgan fingerprint density at radius 3 is 2.79 bits per heavy atom. The van der Waals surface area contributed by atoms with Gasteiger partial charge in [0.1, 0.15) is 10.7 Å². The highest BCUT2D eigenvalue weighted by Gasteiger charge is 2.25. The number of hydrogen-bond acceptors (Lipinski definition) is 6. The maximum absolute atomic E-state index is 12.7. The smallest absolute Gasteiger partial charge is 0.270 e. The van der Waals surface area contributed by atoms with Crippen molar-refractivity contribution < 1.29 is 9.53 Å². The number of rotatable bonds is 6. The van der Waals surface area contributed by atoms with Crippen LogP contribution in [0.4, 0.5) is 0 Å². The van der Waals surface area contributed by atoms with Gasteiger partial charge >= 0.3 is 0 Å². The quantitative estimate of drug-likeness (QED) is 0.628. The highest BCUT2D eigenvalue weighted by molar-refractivity contribution is 7.20. The third kappa shape index (κ3) is 4.45. The number of carbonyl (C=O) groups is 1. The topological polar surface area (TPSA) is 54.5 Å². The monoisotopic (exact) mass is 433 g/mol. The molecule has 5 nitrogen and oxygen atoms in total. The maximum atomic E-state index is 12.7. The van der Waals surface area contributed by atoms with Crippen LogP contribution < -0.4 is 5.32 Å². The van der Waals surface area contributed by atoms with E-state index in [2.05, 4.69) is 15.2 Å². The lowest BCUT2D eigenvalue weighted by Crippen LogP contribution is -2.44. The molecule has 1 fully saturated rings. The zero-order chi connectivity index (χ0) is 19.3. The third-order valence-corrected chi connectivity index (χ3v) is 6.90. The van der Waals surface area contributed by atoms with Gasteiger partial charge in [-0.05, 0) is 23.1 Å². The van der Waals surface area contributed by atoms with Crippen molar-refractivity contribution in [3.8, 4) is 9.88 Å². The SMILES string of the molecule is O=C(NCC(c1ccccc1Cl)N1CCOCC1)c1csc(-c2cccs2)n1. The van der Waals surface area contributed by atoms with Crippen molar-refractivity contribution in [3.63, 3.8) is 0 Å². The second kappa shape index (κ2) is 9.15. The van der Waals surface area contributed by atoms with Crippen LogP contribution in [-0.2, 0) is 4.74 Å². The number of hydrogen-bond donors (Lipinski definition) is 1. The number of benzene rings is 1. The van der Waals surface area contributed by atoms with Gasteiger partial charge in [0.25, 0.3) is 5.91 Å². The van der Waals surface area contributed by atoms with Gasteiger partial charge in [-0.1, -0.05) is 35.9 Å². The number of nitrogens with one attached hydrogen (secondary N) is 1. The van der Waals surface area contributed by atoms with E-state index in [-0.39, 0.29) is 11.9 Å². The van der Waals surface area contributed by atoms with Crippen molar-refractivity contribution in [2.24, 2.45) is 0 Å². The molecule has 0 bridgehead atoms. The number of thiazole rings is 1. The fraction of sp³-hybridized carbons (Fsp3) is 0.300. The Hall–Kier alpha value is -1.77. The van der Waals surface area contributed by atoms with E-state index < -0.39 is 0 Å². The van der Waals surface area contributed by atoms with E-state index in [1.54, 1.807) is 11.3 Å². The minimum Gasteiger partial charge on any atom is -0.379 e. The molecule has 3 aromatic rings. The fourth-order valence-corrected chi connectivity index (χ4v) is 5.12. The molecule has 1 unspecified atom stereocenters. The van der Waals surface area contributed by atoms with Gasteiger partial charge < -0.3 is 10.1 Å². The Morgan fingerprint density at radius 1 is 1.21 bits per heavy atom. The Bertz CT molecular complexity index is 923. The highest BCUT2D eigenvalue weighted by atomic mass is 35.5. The summed E-state index contributed by atoms with van der Waals surface area (Å²) < 4.78 is 5.48. The molecule has 1 saturated heterocycles. The first-order valence-corrected chi connectivity index (χ1v) is 11.2. The molecule has 1 amide bonds. The number of thiophene rings is 1. The second-order valence-corrected chi connectivity index (χ2v) is 8.62. The normalized spacial score (nSPS) is 16.0. The fourth-order valence-electron chi connectivity index (χ4n) is 3.24. The Kier molecular flexibility index (Phi) is 6.39. The molecule has 28 heavy (non-hydrogen) atoms. The van der Waals surface area contributed by atoms with Crippen LogP contribution >= 0.6 is 34.3 Å². The summed E-state index contributed by atoms with van der Waals surface area (Å²) in [6, 6.07) is 11.8. The molecule has 2 aromatic heterocycles. The Balaban J connectivity index is 1.48. The van der Waals surface area contributed by atoms with Crippen molar-refractivity contribution in [2.75, 3.05) is 32.8 Å². The van der Waals surface area contributed by atoms with Crippen LogP contribution in [0.2, 0.25) is 5.02 Å². The van der Waals surface area contributed by atoms with Gasteiger partial charge in [-0.3, -0.25) is 9.69 Å². The summed E-state index contributed by atoms with van der Waals surface area (Å²) in [5.41, 5.74) is 1.47. The van der Waals surface area contributed by atoms with Crippen molar-refractivity contribution in [1.29, 1.82) is 0 Å². The molecule has 8 heteroatoms. The molecule has 1 atom stereocenters. The van der Waals surface area contributed by atoms with Crippen LogP contribution in [0.15, 0.2) is 47.2 Å². The summed E-state index contributed by atoms with van der Waals surface area (Å²) in [6.07, 6.45) is 0. The molecule has 0 saturated carbocycles. The minimum absolute atomic E-state index is 0.00282. The summed E-state index contributed by atoms with van der Waals surface area (Å²) in [7, 11) is 0. The van der Waals surface area contributed by atoms with Gasteiger partial charge in [0, 0.05) is 30.0 Å². The van der Waals surface area contributed by atoms with E-state index in [1.165, 1.54) is 11.3 Å². The lowest BCUT2D eigenvalue weighted by molar-refractivity contribution is 0.0162. The average molecular weight is 434 g/mol. The molecular weight excluding hydrogens is 414 g/mol. The standard InChI is InChI=1S/C20H20ClN3O2S2/c21-15-5-2-1-4-14(15)17(24-7-9-26-10-8-24)12-22-19(25)16-13-28-20(23-16)18-6-3-11-27-18/h1-6,11,13,17H,7-10,12H2,(H,22,25). The molecule has 1 aliphatic heterocycles. The highest BCUT2D eigenvalue weighted by Crippen LogP contribution is 2.29. The van der Waals surface area contributed by atoms with E-state index in [1.807, 2.05) is 47.2 Å². The molecule has 4 rings (SSSR count). The summed E-state index contributed by atoms with van der Waals surface area (Å²) >= 11 is 9.56. The molecular formula is C20H20ClN3O2S2. The third-order valence-electron chi connectivity index (χ3n) is 4.68. The summed E-state index contributed by atoms with van der Waals surface area (Å²) in [6.45, 7) is 3.46. The predicted octanol–water partition coefficient (Wildman–Crippen LogP) is 4.33. The van der Waals surface area contributed by atoms with Gasteiger partial charge in [0.15, 0.2) is 0 Å². The van der Waals surface area contributed by atoms with Crippen LogP contribution in [0.3, 0.4) is 0 Å². The molecule has 0 aliphatic carbocycles. The first-order chi connectivity index (χ1) is 13.7. The zero-order valence-corrected chi connectivity index (χ0v) is 17.5. The summed E-state index contributed by atoms with van der Waals surface area (Å²) in [5.74, 6) is -0.163. The number of ether oxygens (including phenoxy) is 1. The molecule has 1 N–H and O–H groups in total. The predicted molar refractivity (Wildman–Crippen MR) is 114 cm³/mol. The van der Waals surface area contributed by atoms with Crippen LogP contribution in [0.1, 0.15) is 22.1 Å². The van der Waals surface area contributed by atoms with Crippen LogP contribution in [0.25, 0.3) is 9.88 Å². The number of nitrogens with zero attached hydrogens (tertiary/aromatic N) is 2. The van der Waals surface area contributed by atoms with Gasteiger partial charge in [0.2, 0.25) is 0 Å². The largest absolute Gasteiger partial charge is 0.379 e. The number of aromatic nitrogens is 1. The van der Waals surface area contributed by atoms with Gasteiger partial charge in [-0.2, -0.15) is 0 Å². The van der Waals surface area contributed by atoms with Crippen molar-refractivity contribution in [3.05, 3.63) is 63.4 Å². The molecule has 0 spiro atoms. The number of morpholine rings is 1. The van der Waals surface area contributed by atoms with Gasteiger partial charge in [0.05, 0.1) is 24.1 Å². The Morgan fingerprint density at radius 2 is 2.04 bits per heavy atom. The molecule has 146 valence electrons. The van der Waals surface area contributed by atoms with Crippen LogP contribution in [0.5, 0.6) is 0 Å². The van der Waals surface area contributed by atoms with E-state index in [9.17, 15) is 4.79 Å². The number of carbonyl (C=O) groups excluding carboxylic acids is 1. The average Bonchev–Trinajstić information content (AvgIpc) is 3.42. The first-order valence-electron chi connectivity index (χ1n) is 9.06. The van der Waals surface area contributed by atoms with Crippen molar-refractivity contribution >= 4 is 40.2 Å². The minimum atomic E-state index is -0.163. The van der Waals surface area contributed by atoms with Gasteiger partial charge in [-0.25, -0.2) is 4.98 Å². The zero-order valence-electron chi connectivity index (χ0n) is 15.1. The van der Waals surface area contributed by atoms with E-state index in [4.69, 9.17) is 16.3 Å². The second-order valence-electron chi connectivity index (χ2n) is 6.41. The Labute approximate surface area is 176 Å². The first kappa shape index (κ1) is 19.5. The van der Waals surface area contributed by atoms with E-state index in [0.717, 1.165) is 28.5 Å². The van der Waals surface area contributed by atoms with Crippen LogP contribution in [-0.4, -0.2) is 48.6 Å². The van der Waals surface area contributed by atoms with Gasteiger partial charge in [-0.15, -0.1) is 22.7 Å². The number of halogens is 1. The maximum Gasteiger partial charge on any atom is 0.270 e. The summed E-state index contributed by atoms with van der Waals surface area (Å²) in [5, 5.41) is 8.45. The molecule has 1 aromatic carbocycles. The van der Waals surface area contributed by atoms with Crippen LogP contribution in [0, 0.1) is 0 Å². The van der Waals surface area contributed by atoms with Crippen molar-refractivity contribution in [1.82, 2.24) is 15.2 Å².